The summed E-state index contributed by atoms with van der Waals surface area (Å²) < 4.78 is 1.01. The highest BCUT2D eigenvalue weighted by Gasteiger charge is 2.17. The molecule has 1 aromatic carbocycles. The van der Waals surface area contributed by atoms with Crippen molar-refractivity contribution in [2.24, 2.45) is 5.92 Å². The molecule has 1 fully saturated rings. The third-order valence-corrected chi connectivity index (χ3v) is 4.53. The van der Waals surface area contributed by atoms with Crippen LogP contribution < -0.4 is 10.6 Å². The summed E-state index contributed by atoms with van der Waals surface area (Å²) in [6.45, 7) is 7.05. The van der Waals surface area contributed by atoms with Gasteiger partial charge >= 0.3 is 0 Å². The molecule has 1 aliphatic heterocycles. The van der Waals surface area contributed by atoms with Gasteiger partial charge in [0.05, 0.1) is 6.54 Å². The van der Waals surface area contributed by atoms with Crippen molar-refractivity contribution in [2.75, 3.05) is 38.0 Å². The van der Waals surface area contributed by atoms with E-state index in [9.17, 15) is 4.79 Å². The lowest BCUT2D eigenvalue weighted by atomic mass is 9.97. The molecule has 0 bridgehead atoms. The molecule has 1 aromatic rings. The first-order valence-corrected chi connectivity index (χ1v) is 8.45. The van der Waals surface area contributed by atoms with Gasteiger partial charge in [-0.2, -0.15) is 0 Å². The fourth-order valence-electron chi connectivity index (χ4n) is 2.64. The average molecular weight is 354 g/mol. The molecule has 0 radical (unpaired) electrons. The number of amides is 1. The third-order valence-electron chi connectivity index (χ3n) is 4.00. The average Bonchev–Trinajstić information content (AvgIpc) is 2.50. The molecular formula is C16H24BrN3O. The number of carbonyl (C=O) groups excluding carboxylic acids is 1. The summed E-state index contributed by atoms with van der Waals surface area (Å²) in [7, 11) is 0. The molecule has 2 rings (SSSR count). The molecule has 0 unspecified atom stereocenters. The van der Waals surface area contributed by atoms with E-state index in [2.05, 4.69) is 38.4 Å². The number of rotatable bonds is 6. The van der Waals surface area contributed by atoms with Crippen molar-refractivity contribution >= 4 is 27.5 Å². The van der Waals surface area contributed by atoms with Crippen LogP contribution in [0.2, 0.25) is 0 Å². The SMILES string of the molecule is CCN1CCC(CNCC(=O)Nc2ccc(Br)cc2)CC1. The quantitative estimate of drug-likeness (QED) is 0.826. The predicted octanol–water partition coefficient (Wildman–Crippen LogP) is 2.71. The van der Waals surface area contributed by atoms with Crippen molar-refractivity contribution in [1.29, 1.82) is 0 Å². The molecule has 1 amide bonds. The Morgan fingerprint density at radius 2 is 1.95 bits per heavy atom. The van der Waals surface area contributed by atoms with Gasteiger partial charge in [0, 0.05) is 10.2 Å². The molecule has 1 aliphatic rings. The van der Waals surface area contributed by atoms with Crippen molar-refractivity contribution in [3.63, 3.8) is 0 Å². The van der Waals surface area contributed by atoms with Crippen LogP contribution in [0.4, 0.5) is 5.69 Å². The van der Waals surface area contributed by atoms with E-state index in [-0.39, 0.29) is 5.91 Å². The van der Waals surface area contributed by atoms with Crippen LogP contribution in [0.15, 0.2) is 28.7 Å². The van der Waals surface area contributed by atoms with E-state index in [0.717, 1.165) is 23.2 Å². The fourth-order valence-corrected chi connectivity index (χ4v) is 2.90. The van der Waals surface area contributed by atoms with Gasteiger partial charge in [0.25, 0.3) is 0 Å². The molecule has 5 heteroatoms. The first-order chi connectivity index (χ1) is 10.2. The largest absolute Gasteiger partial charge is 0.325 e. The normalized spacial score (nSPS) is 16.9. The number of nitrogens with one attached hydrogen (secondary N) is 2. The number of benzene rings is 1. The Balaban J connectivity index is 1.62. The molecule has 0 aliphatic carbocycles. The van der Waals surface area contributed by atoms with Gasteiger partial charge < -0.3 is 15.5 Å². The highest BCUT2D eigenvalue weighted by molar-refractivity contribution is 9.10. The number of carbonyl (C=O) groups is 1. The van der Waals surface area contributed by atoms with E-state index < -0.39 is 0 Å². The molecule has 1 heterocycles. The summed E-state index contributed by atoms with van der Waals surface area (Å²) in [6, 6.07) is 7.63. The van der Waals surface area contributed by atoms with E-state index in [4.69, 9.17) is 0 Å². The van der Waals surface area contributed by atoms with Gasteiger partial charge in [-0.15, -0.1) is 0 Å². The third kappa shape index (κ3) is 5.77. The zero-order valence-corrected chi connectivity index (χ0v) is 14.2. The molecule has 1 saturated heterocycles. The van der Waals surface area contributed by atoms with Gasteiger partial charge in [0.1, 0.15) is 0 Å². The summed E-state index contributed by atoms with van der Waals surface area (Å²) in [5, 5.41) is 6.17. The molecule has 0 aromatic heterocycles. The zero-order valence-electron chi connectivity index (χ0n) is 12.6. The Labute approximate surface area is 135 Å². The number of likely N-dealkylation sites (tertiary alicyclic amines) is 1. The first kappa shape index (κ1) is 16.5. The van der Waals surface area contributed by atoms with Crippen LogP contribution >= 0.6 is 15.9 Å². The summed E-state index contributed by atoms with van der Waals surface area (Å²) in [4.78, 5) is 14.3. The summed E-state index contributed by atoms with van der Waals surface area (Å²) in [6.07, 6.45) is 2.46. The second-order valence-corrected chi connectivity index (χ2v) is 6.48. The number of hydrogen-bond acceptors (Lipinski definition) is 3. The molecule has 0 saturated carbocycles. The molecule has 21 heavy (non-hydrogen) atoms. The second-order valence-electron chi connectivity index (χ2n) is 5.56. The van der Waals surface area contributed by atoms with Crippen molar-refractivity contribution in [3.8, 4) is 0 Å². The molecule has 4 nitrogen and oxygen atoms in total. The predicted molar refractivity (Wildman–Crippen MR) is 90.5 cm³/mol. The van der Waals surface area contributed by atoms with Crippen LogP contribution in [0, 0.1) is 5.92 Å². The summed E-state index contributed by atoms with van der Waals surface area (Å²) in [5.41, 5.74) is 0.834. The van der Waals surface area contributed by atoms with Crippen LogP contribution in [0.1, 0.15) is 19.8 Å². The molecule has 116 valence electrons. The number of piperidine rings is 1. The smallest absolute Gasteiger partial charge is 0.238 e. The molecule has 0 atom stereocenters. The van der Waals surface area contributed by atoms with Crippen molar-refractivity contribution in [1.82, 2.24) is 10.2 Å². The van der Waals surface area contributed by atoms with E-state index >= 15 is 0 Å². The number of anilines is 1. The number of hydrogen-bond donors (Lipinski definition) is 2. The standard InChI is InChI=1S/C16H24BrN3O/c1-2-20-9-7-13(8-10-20)11-18-12-16(21)19-15-5-3-14(17)4-6-15/h3-6,13,18H,2,7-12H2,1H3,(H,19,21). The minimum Gasteiger partial charge on any atom is -0.325 e. The maximum Gasteiger partial charge on any atom is 0.238 e. The van der Waals surface area contributed by atoms with Crippen LogP contribution in [-0.4, -0.2) is 43.5 Å². The molecule has 2 N–H and O–H groups in total. The Bertz CT molecular complexity index is 441. The van der Waals surface area contributed by atoms with Gasteiger partial charge in [-0.3, -0.25) is 4.79 Å². The van der Waals surface area contributed by atoms with Gasteiger partial charge in [-0.25, -0.2) is 0 Å². The lowest BCUT2D eigenvalue weighted by molar-refractivity contribution is -0.115. The second kappa shape index (κ2) is 8.51. The minimum absolute atomic E-state index is 0.0170. The fraction of sp³-hybridized carbons (Fsp3) is 0.562. The van der Waals surface area contributed by atoms with Gasteiger partial charge in [-0.1, -0.05) is 22.9 Å². The lowest BCUT2D eigenvalue weighted by Crippen LogP contribution is -2.38. The Hall–Kier alpha value is -0.910. The van der Waals surface area contributed by atoms with Crippen LogP contribution in [0.5, 0.6) is 0 Å². The van der Waals surface area contributed by atoms with Crippen molar-refractivity contribution in [3.05, 3.63) is 28.7 Å². The van der Waals surface area contributed by atoms with E-state index in [0.29, 0.717) is 12.5 Å². The van der Waals surface area contributed by atoms with Gasteiger partial charge in [0.2, 0.25) is 5.91 Å². The van der Waals surface area contributed by atoms with Crippen LogP contribution in [-0.2, 0) is 4.79 Å². The summed E-state index contributed by atoms with van der Waals surface area (Å²) in [5.74, 6) is 0.719. The van der Waals surface area contributed by atoms with E-state index in [1.165, 1.54) is 25.9 Å². The van der Waals surface area contributed by atoms with E-state index in [1.807, 2.05) is 24.3 Å². The number of halogens is 1. The maximum atomic E-state index is 11.8. The van der Waals surface area contributed by atoms with Crippen LogP contribution in [0.25, 0.3) is 0 Å². The van der Waals surface area contributed by atoms with Crippen molar-refractivity contribution in [2.45, 2.75) is 19.8 Å². The number of nitrogens with zero attached hydrogens (tertiary/aromatic N) is 1. The Morgan fingerprint density at radius 1 is 1.29 bits per heavy atom. The Morgan fingerprint density at radius 3 is 2.57 bits per heavy atom. The Kier molecular flexibility index (Phi) is 6.67. The van der Waals surface area contributed by atoms with Gasteiger partial charge in [-0.05, 0) is 69.2 Å². The maximum absolute atomic E-state index is 11.8. The highest BCUT2D eigenvalue weighted by atomic mass is 79.9. The topological polar surface area (TPSA) is 44.4 Å². The minimum atomic E-state index is 0.0170. The van der Waals surface area contributed by atoms with Crippen LogP contribution in [0.3, 0.4) is 0 Å². The first-order valence-electron chi connectivity index (χ1n) is 7.66. The summed E-state index contributed by atoms with van der Waals surface area (Å²) >= 11 is 3.38. The molecule has 0 spiro atoms. The zero-order chi connectivity index (χ0) is 15.1. The van der Waals surface area contributed by atoms with Gasteiger partial charge in [0.15, 0.2) is 0 Å². The lowest BCUT2D eigenvalue weighted by Gasteiger charge is -2.31. The van der Waals surface area contributed by atoms with E-state index in [1.54, 1.807) is 0 Å². The monoisotopic (exact) mass is 353 g/mol. The molecular weight excluding hydrogens is 330 g/mol. The van der Waals surface area contributed by atoms with Crippen molar-refractivity contribution < 1.29 is 4.79 Å². The highest BCUT2D eigenvalue weighted by Crippen LogP contribution is 2.16.